The summed E-state index contributed by atoms with van der Waals surface area (Å²) < 4.78 is 5.50. The second-order valence-corrected chi connectivity index (χ2v) is 4.17. The van der Waals surface area contributed by atoms with E-state index in [1.54, 1.807) is 0 Å². The molecule has 3 nitrogen and oxygen atoms in total. The van der Waals surface area contributed by atoms with Crippen molar-refractivity contribution in [3.8, 4) is 0 Å². The van der Waals surface area contributed by atoms with E-state index in [-0.39, 0.29) is 0 Å². The van der Waals surface area contributed by atoms with Crippen LogP contribution in [0.15, 0.2) is 24.4 Å². The van der Waals surface area contributed by atoms with Gasteiger partial charge in [-0.1, -0.05) is 13.0 Å². The third-order valence-corrected chi connectivity index (χ3v) is 2.68. The highest BCUT2D eigenvalue weighted by atomic mass is 16.5. The van der Waals surface area contributed by atoms with Gasteiger partial charge in [0.25, 0.3) is 0 Å². The second-order valence-electron chi connectivity index (χ2n) is 4.17. The third-order valence-electron chi connectivity index (χ3n) is 2.68. The molecule has 0 spiro atoms. The van der Waals surface area contributed by atoms with Crippen molar-refractivity contribution in [3.63, 3.8) is 0 Å². The topological polar surface area (TPSA) is 34.2 Å². The summed E-state index contributed by atoms with van der Waals surface area (Å²) in [4.78, 5) is 4.34. The average Bonchev–Trinajstić information content (AvgIpc) is 2.39. The van der Waals surface area contributed by atoms with E-state index in [0.29, 0.717) is 6.04 Å². The molecule has 0 aliphatic rings. The molecule has 0 aromatic carbocycles. The van der Waals surface area contributed by atoms with Crippen LogP contribution in [0.2, 0.25) is 0 Å². The number of pyridine rings is 1. The molecule has 1 aromatic heterocycles. The van der Waals surface area contributed by atoms with Crippen molar-refractivity contribution in [2.24, 2.45) is 0 Å². The first-order valence-corrected chi connectivity index (χ1v) is 6.57. The summed E-state index contributed by atoms with van der Waals surface area (Å²) in [6.07, 6.45) is 5.10. The number of hydrogen-bond donors (Lipinski definition) is 1. The highest BCUT2D eigenvalue weighted by molar-refractivity contribution is 5.03. The number of aromatic nitrogens is 1. The van der Waals surface area contributed by atoms with Crippen LogP contribution in [0.4, 0.5) is 0 Å². The standard InChI is InChI=1S/C14H24N2O/c1-3-10-15-14(12-17-4-2)9-8-13-7-5-6-11-16-13/h5-7,11,14-15H,3-4,8-10,12H2,1-2H3. The summed E-state index contributed by atoms with van der Waals surface area (Å²) in [5.74, 6) is 0. The molecule has 0 bridgehead atoms. The summed E-state index contributed by atoms with van der Waals surface area (Å²) >= 11 is 0. The number of nitrogens with one attached hydrogen (secondary N) is 1. The lowest BCUT2D eigenvalue weighted by Crippen LogP contribution is -2.34. The molecular formula is C14H24N2O. The van der Waals surface area contributed by atoms with Crippen LogP contribution in [0, 0.1) is 0 Å². The van der Waals surface area contributed by atoms with Crippen molar-refractivity contribution in [2.45, 2.75) is 39.2 Å². The Hall–Kier alpha value is -0.930. The minimum absolute atomic E-state index is 0.442. The first-order valence-electron chi connectivity index (χ1n) is 6.57. The zero-order valence-electron chi connectivity index (χ0n) is 11.0. The third kappa shape index (κ3) is 6.39. The monoisotopic (exact) mass is 236 g/mol. The summed E-state index contributed by atoms with van der Waals surface area (Å²) in [5.41, 5.74) is 1.16. The zero-order chi connectivity index (χ0) is 12.3. The van der Waals surface area contributed by atoms with E-state index in [0.717, 1.165) is 44.7 Å². The van der Waals surface area contributed by atoms with Gasteiger partial charge in [0.05, 0.1) is 6.61 Å². The van der Waals surface area contributed by atoms with Crippen LogP contribution in [0.3, 0.4) is 0 Å². The Morgan fingerprint density at radius 2 is 2.24 bits per heavy atom. The molecule has 1 N–H and O–H groups in total. The molecule has 0 amide bonds. The van der Waals surface area contributed by atoms with Crippen molar-refractivity contribution in [2.75, 3.05) is 19.8 Å². The smallest absolute Gasteiger partial charge is 0.0619 e. The van der Waals surface area contributed by atoms with Crippen LogP contribution < -0.4 is 5.32 Å². The molecule has 0 aliphatic heterocycles. The molecule has 96 valence electrons. The molecule has 0 saturated carbocycles. The molecule has 1 aromatic rings. The van der Waals surface area contributed by atoms with Crippen LogP contribution in [-0.4, -0.2) is 30.8 Å². The minimum Gasteiger partial charge on any atom is -0.380 e. The van der Waals surface area contributed by atoms with E-state index < -0.39 is 0 Å². The molecule has 1 unspecified atom stereocenters. The van der Waals surface area contributed by atoms with Crippen LogP contribution >= 0.6 is 0 Å². The van der Waals surface area contributed by atoms with Gasteiger partial charge in [0, 0.05) is 24.5 Å². The van der Waals surface area contributed by atoms with Crippen LogP contribution in [0.25, 0.3) is 0 Å². The maximum atomic E-state index is 5.50. The first-order chi connectivity index (χ1) is 8.36. The lowest BCUT2D eigenvalue weighted by molar-refractivity contribution is 0.120. The quantitative estimate of drug-likeness (QED) is 0.715. The van der Waals surface area contributed by atoms with Gasteiger partial charge >= 0.3 is 0 Å². The van der Waals surface area contributed by atoms with E-state index in [1.807, 2.05) is 25.3 Å². The van der Waals surface area contributed by atoms with Crippen molar-refractivity contribution in [1.82, 2.24) is 10.3 Å². The van der Waals surface area contributed by atoms with Gasteiger partial charge in [-0.05, 0) is 44.9 Å². The molecule has 17 heavy (non-hydrogen) atoms. The normalized spacial score (nSPS) is 12.6. The highest BCUT2D eigenvalue weighted by Gasteiger charge is 2.08. The Kier molecular flexibility index (Phi) is 7.60. The predicted molar refractivity (Wildman–Crippen MR) is 71.1 cm³/mol. The van der Waals surface area contributed by atoms with Crippen LogP contribution in [0.5, 0.6) is 0 Å². The van der Waals surface area contributed by atoms with Crippen LogP contribution in [0.1, 0.15) is 32.4 Å². The lowest BCUT2D eigenvalue weighted by atomic mass is 10.1. The summed E-state index contributed by atoms with van der Waals surface area (Å²) in [6.45, 7) is 6.86. The van der Waals surface area contributed by atoms with Gasteiger partial charge in [-0.25, -0.2) is 0 Å². The van der Waals surface area contributed by atoms with Crippen LogP contribution in [-0.2, 0) is 11.2 Å². The highest BCUT2D eigenvalue weighted by Crippen LogP contribution is 2.03. The van der Waals surface area contributed by atoms with Gasteiger partial charge < -0.3 is 10.1 Å². The van der Waals surface area contributed by atoms with E-state index in [2.05, 4.69) is 23.3 Å². The van der Waals surface area contributed by atoms with Gasteiger partial charge in [0.1, 0.15) is 0 Å². The van der Waals surface area contributed by atoms with Crippen molar-refractivity contribution in [1.29, 1.82) is 0 Å². The fourth-order valence-electron chi connectivity index (χ4n) is 1.72. The van der Waals surface area contributed by atoms with E-state index in [4.69, 9.17) is 4.74 Å². The van der Waals surface area contributed by atoms with E-state index >= 15 is 0 Å². The molecule has 0 radical (unpaired) electrons. The Morgan fingerprint density at radius 1 is 1.35 bits per heavy atom. The Labute approximate surface area is 105 Å². The minimum atomic E-state index is 0.442. The van der Waals surface area contributed by atoms with Gasteiger partial charge in [-0.2, -0.15) is 0 Å². The molecule has 0 aliphatic carbocycles. The second kappa shape index (κ2) is 9.14. The molecule has 3 heteroatoms. The molecule has 0 saturated heterocycles. The fraction of sp³-hybridized carbons (Fsp3) is 0.643. The summed E-state index contributed by atoms with van der Waals surface area (Å²) in [5, 5.41) is 3.52. The zero-order valence-corrected chi connectivity index (χ0v) is 11.0. The fourth-order valence-corrected chi connectivity index (χ4v) is 1.72. The number of hydrogen-bond acceptors (Lipinski definition) is 3. The van der Waals surface area contributed by atoms with Gasteiger partial charge in [-0.15, -0.1) is 0 Å². The van der Waals surface area contributed by atoms with E-state index in [9.17, 15) is 0 Å². The Balaban J connectivity index is 2.31. The average molecular weight is 236 g/mol. The lowest BCUT2D eigenvalue weighted by Gasteiger charge is -2.18. The molecule has 1 atom stereocenters. The van der Waals surface area contributed by atoms with Gasteiger partial charge in [-0.3, -0.25) is 4.98 Å². The molecule has 1 rings (SSSR count). The van der Waals surface area contributed by atoms with Crippen molar-refractivity contribution >= 4 is 0 Å². The number of aryl methyl sites for hydroxylation is 1. The van der Waals surface area contributed by atoms with Gasteiger partial charge in [0.2, 0.25) is 0 Å². The largest absolute Gasteiger partial charge is 0.380 e. The van der Waals surface area contributed by atoms with Crippen molar-refractivity contribution < 1.29 is 4.74 Å². The van der Waals surface area contributed by atoms with E-state index in [1.165, 1.54) is 0 Å². The summed E-state index contributed by atoms with van der Waals surface area (Å²) in [7, 11) is 0. The maximum absolute atomic E-state index is 5.50. The Bertz CT molecular complexity index is 269. The first kappa shape index (κ1) is 14.1. The number of rotatable bonds is 9. The van der Waals surface area contributed by atoms with Crippen molar-refractivity contribution in [3.05, 3.63) is 30.1 Å². The Morgan fingerprint density at radius 3 is 2.88 bits per heavy atom. The predicted octanol–water partition coefficient (Wildman–Crippen LogP) is 2.42. The number of ether oxygens (including phenoxy) is 1. The summed E-state index contributed by atoms with van der Waals surface area (Å²) in [6, 6.07) is 6.52. The molecular weight excluding hydrogens is 212 g/mol. The molecule has 1 heterocycles. The van der Waals surface area contributed by atoms with Gasteiger partial charge in [0.15, 0.2) is 0 Å². The SMILES string of the molecule is CCCNC(CCc1ccccn1)COCC. The number of nitrogens with zero attached hydrogens (tertiary/aromatic N) is 1. The molecule has 0 fully saturated rings. The maximum Gasteiger partial charge on any atom is 0.0619 e.